The van der Waals surface area contributed by atoms with Crippen molar-refractivity contribution < 1.29 is 29.0 Å². The third-order valence-corrected chi connectivity index (χ3v) is 6.01. The maximum Gasteiger partial charge on any atom is 0.407 e. The zero-order chi connectivity index (χ0) is 24.0. The molecule has 3 rings (SSSR count). The highest BCUT2D eigenvalue weighted by molar-refractivity contribution is 5.84. The van der Waals surface area contributed by atoms with E-state index in [1.807, 2.05) is 43.3 Å². The van der Waals surface area contributed by atoms with Crippen LogP contribution in [0.15, 0.2) is 48.5 Å². The first-order chi connectivity index (χ1) is 15.8. The number of ether oxygens (including phenoxy) is 2. The molecule has 0 aromatic heterocycles. The number of carbonyl (C=O) groups excluding carboxylic acids is 2. The Bertz CT molecular complexity index is 962. The van der Waals surface area contributed by atoms with Crippen LogP contribution in [0, 0.1) is 0 Å². The van der Waals surface area contributed by atoms with Gasteiger partial charge in [-0.1, -0.05) is 55.5 Å². The lowest BCUT2D eigenvalue weighted by atomic mass is 9.98. The molecule has 0 heterocycles. The van der Waals surface area contributed by atoms with E-state index in [0.717, 1.165) is 22.3 Å². The van der Waals surface area contributed by atoms with Crippen LogP contribution in [0.25, 0.3) is 11.1 Å². The second-order valence-corrected chi connectivity index (χ2v) is 8.10. The second kappa shape index (κ2) is 11.0. The molecule has 8 heteroatoms. The van der Waals surface area contributed by atoms with Gasteiger partial charge in [0.05, 0.1) is 6.10 Å². The fourth-order valence-electron chi connectivity index (χ4n) is 4.08. The van der Waals surface area contributed by atoms with Crippen molar-refractivity contribution in [1.29, 1.82) is 0 Å². The molecular formula is C25H30N2O6. The van der Waals surface area contributed by atoms with Gasteiger partial charge in [-0.25, -0.2) is 9.59 Å². The molecule has 0 bridgehead atoms. The average molecular weight is 455 g/mol. The topological polar surface area (TPSA) is 114 Å². The van der Waals surface area contributed by atoms with Gasteiger partial charge in [-0.2, -0.15) is 0 Å². The van der Waals surface area contributed by atoms with E-state index in [1.54, 1.807) is 6.92 Å². The normalized spacial score (nSPS) is 15.0. The molecule has 2 aromatic carbocycles. The number of carboxylic acids is 1. The molecule has 1 aliphatic rings. The zero-order valence-corrected chi connectivity index (χ0v) is 19.0. The number of amides is 2. The van der Waals surface area contributed by atoms with Gasteiger partial charge in [0, 0.05) is 25.5 Å². The molecular weight excluding hydrogens is 424 g/mol. The summed E-state index contributed by atoms with van der Waals surface area (Å²) in [4.78, 5) is 36.2. The minimum atomic E-state index is -1.18. The molecule has 0 saturated heterocycles. The summed E-state index contributed by atoms with van der Waals surface area (Å²) in [5.74, 6) is -1.73. The molecule has 0 saturated carbocycles. The number of benzene rings is 2. The zero-order valence-electron chi connectivity index (χ0n) is 19.0. The summed E-state index contributed by atoms with van der Waals surface area (Å²) in [6.07, 6.45) is -0.894. The summed E-state index contributed by atoms with van der Waals surface area (Å²) in [6.45, 7) is 3.56. The van der Waals surface area contributed by atoms with Crippen LogP contribution in [0.1, 0.15) is 43.7 Å². The highest BCUT2D eigenvalue weighted by Crippen LogP contribution is 2.44. The van der Waals surface area contributed by atoms with Gasteiger partial charge in [0.2, 0.25) is 5.91 Å². The van der Waals surface area contributed by atoms with Crippen molar-refractivity contribution >= 4 is 18.0 Å². The molecule has 0 fully saturated rings. The van der Waals surface area contributed by atoms with Gasteiger partial charge < -0.3 is 25.2 Å². The van der Waals surface area contributed by atoms with Crippen molar-refractivity contribution in [2.75, 3.05) is 13.7 Å². The Kier molecular flexibility index (Phi) is 8.06. The lowest BCUT2D eigenvalue weighted by Gasteiger charge is -2.22. The van der Waals surface area contributed by atoms with Crippen LogP contribution in [0.4, 0.5) is 4.79 Å². The predicted octanol–water partition coefficient (Wildman–Crippen LogP) is 3.30. The van der Waals surface area contributed by atoms with Crippen LogP contribution >= 0.6 is 0 Å². The predicted molar refractivity (Wildman–Crippen MR) is 123 cm³/mol. The molecule has 1 aliphatic carbocycles. The van der Waals surface area contributed by atoms with Crippen molar-refractivity contribution in [3.63, 3.8) is 0 Å². The number of alkyl carbamates (subject to hydrolysis) is 1. The maximum absolute atomic E-state index is 12.5. The summed E-state index contributed by atoms with van der Waals surface area (Å²) < 4.78 is 10.5. The van der Waals surface area contributed by atoms with Gasteiger partial charge in [0.15, 0.2) is 6.04 Å². The number of fused-ring (bicyclic) bond motifs is 3. The van der Waals surface area contributed by atoms with Crippen LogP contribution in [0.3, 0.4) is 0 Å². The Labute approximate surface area is 193 Å². The number of aliphatic carboxylic acids is 1. The molecule has 8 nitrogen and oxygen atoms in total. The summed E-state index contributed by atoms with van der Waals surface area (Å²) in [6, 6.07) is 14.5. The second-order valence-electron chi connectivity index (χ2n) is 8.10. The van der Waals surface area contributed by atoms with Gasteiger partial charge in [0.25, 0.3) is 0 Å². The van der Waals surface area contributed by atoms with E-state index in [0.29, 0.717) is 6.42 Å². The third-order valence-electron chi connectivity index (χ3n) is 6.01. The van der Waals surface area contributed by atoms with Crippen molar-refractivity contribution in [2.45, 2.75) is 50.8 Å². The number of hydrogen-bond donors (Lipinski definition) is 3. The smallest absolute Gasteiger partial charge is 0.407 e. The number of nitrogens with one attached hydrogen (secondary N) is 2. The number of carbonyl (C=O) groups is 3. The standard InChI is InChI=1S/C25H30N2O6/c1-4-16(13-22(28)27-23(24(29)30)15(2)32-3)26-25(31)33-14-21-19-11-7-5-9-17(19)18-10-6-8-12-20(18)21/h5-12,15-16,21,23H,4,13-14H2,1-3H3,(H,26,31)(H,27,28)(H,29,30)/t15?,16-,23?/m1/s1. The molecule has 176 valence electrons. The number of carboxylic acid groups (broad SMARTS) is 1. The maximum atomic E-state index is 12.5. The molecule has 2 aromatic rings. The van der Waals surface area contributed by atoms with Gasteiger partial charge >= 0.3 is 12.1 Å². The molecule has 2 unspecified atom stereocenters. The molecule has 33 heavy (non-hydrogen) atoms. The lowest BCUT2D eigenvalue weighted by molar-refractivity contribution is -0.145. The lowest BCUT2D eigenvalue weighted by Crippen LogP contribution is -2.50. The van der Waals surface area contributed by atoms with E-state index >= 15 is 0 Å². The summed E-state index contributed by atoms with van der Waals surface area (Å²) in [5, 5.41) is 14.5. The fourth-order valence-corrected chi connectivity index (χ4v) is 4.08. The first-order valence-corrected chi connectivity index (χ1v) is 11.0. The van der Waals surface area contributed by atoms with E-state index in [2.05, 4.69) is 22.8 Å². The van der Waals surface area contributed by atoms with Crippen molar-refractivity contribution in [1.82, 2.24) is 10.6 Å². The van der Waals surface area contributed by atoms with Crippen LogP contribution in [0.5, 0.6) is 0 Å². The van der Waals surface area contributed by atoms with Crippen LogP contribution in [-0.2, 0) is 19.1 Å². The Morgan fingerprint density at radius 1 is 1.00 bits per heavy atom. The molecule has 3 atom stereocenters. The quantitative estimate of drug-likeness (QED) is 0.508. The van der Waals surface area contributed by atoms with E-state index < -0.39 is 36.2 Å². The number of hydrogen-bond acceptors (Lipinski definition) is 5. The molecule has 0 spiro atoms. The molecule has 2 amide bonds. The highest BCUT2D eigenvalue weighted by Gasteiger charge is 2.30. The van der Waals surface area contributed by atoms with Crippen LogP contribution < -0.4 is 10.6 Å². The largest absolute Gasteiger partial charge is 0.480 e. The highest BCUT2D eigenvalue weighted by atomic mass is 16.5. The van der Waals surface area contributed by atoms with Gasteiger partial charge in [-0.15, -0.1) is 0 Å². The summed E-state index contributed by atoms with van der Waals surface area (Å²) in [7, 11) is 1.38. The Hall–Kier alpha value is -3.39. The summed E-state index contributed by atoms with van der Waals surface area (Å²) >= 11 is 0. The van der Waals surface area contributed by atoms with Gasteiger partial charge in [0.1, 0.15) is 6.61 Å². The Balaban J connectivity index is 1.57. The van der Waals surface area contributed by atoms with Gasteiger partial charge in [-0.05, 0) is 35.6 Å². The van der Waals surface area contributed by atoms with E-state index in [4.69, 9.17) is 9.47 Å². The van der Waals surface area contributed by atoms with E-state index in [9.17, 15) is 19.5 Å². The van der Waals surface area contributed by atoms with E-state index in [1.165, 1.54) is 7.11 Å². The van der Waals surface area contributed by atoms with Crippen LogP contribution in [-0.4, -0.2) is 55.0 Å². The minimum Gasteiger partial charge on any atom is -0.480 e. The van der Waals surface area contributed by atoms with Gasteiger partial charge in [-0.3, -0.25) is 4.79 Å². The first-order valence-electron chi connectivity index (χ1n) is 11.0. The van der Waals surface area contributed by atoms with Crippen molar-refractivity contribution in [3.05, 3.63) is 59.7 Å². The number of rotatable bonds is 10. The molecule has 0 radical (unpaired) electrons. The average Bonchev–Trinajstić information content (AvgIpc) is 3.13. The monoisotopic (exact) mass is 454 g/mol. The Morgan fingerprint density at radius 3 is 2.09 bits per heavy atom. The fraction of sp³-hybridized carbons (Fsp3) is 0.400. The summed E-state index contributed by atoms with van der Waals surface area (Å²) in [5.41, 5.74) is 4.52. The first kappa shape index (κ1) is 24.3. The van der Waals surface area contributed by atoms with E-state index in [-0.39, 0.29) is 18.9 Å². The Morgan fingerprint density at radius 2 is 1.58 bits per heavy atom. The minimum absolute atomic E-state index is 0.0571. The van der Waals surface area contributed by atoms with Crippen molar-refractivity contribution in [2.24, 2.45) is 0 Å². The molecule has 3 N–H and O–H groups in total. The van der Waals surface area contributed by atoms with Crippen molar-refractivity contribution in [3.8, 4) is 11.1 Å². The third kappa shape index (κ3) is 5.70. The number of methoxy groups -OCH3 is 1. The SMILES string of the molecule is CC[C@H](CC(=O)NC(C(=O)O)C(C)OC)NC(=O)OCC1c2ccccc2-c2ccccc21. The van der Waals surface area contributed by atoms with Crippen LogP contribution in [0.2, 0.25) is 0 Å². The molecule has 0 aliphatic heterocycles.